The molecule has 0 spiro atoms. The van der Waals surface area contributed by atoms with Crippen LogP contribution in [0.1, 0.15) is 24.1 Å². The van der Waals surface area contributed by atoms with Crippen LogP contribution >= 0.6 is 0 Å². The first-order chi connectivity index (χ1) is 13.6. The van der Waals surface area contributed by atoms with E-state index >= 15 is 0 Å². The monoisotopic (exact) mass is 408 g/mol. The first kappa shape index (κ1) is 20.8. The second-order valence-electron chi connectivity index (χ2n) is 7.27. The minimum absolute atomic E-state index is 0.0302. The topological polar surface area (TPSA) is 74.2 Å². The summed E-state index contributed by atoms with van der Waals surface area (Å²) < 4.78 is 39.6. The third-order valence-electron chi connectivity index (χ3n) is 4.76. The van der Waals surface area contributed by atoms with Gasteiger partial charge in [0.2, 0.25) is 11.9 Å². The highest BCUT2D eigenvalue weighted by molar-refractivity contribution is 5.91. The number of alkyl halides is 3. The van der Waals surface area contributed by atoms with Crippen molar-refractivity contribution >= 4 is 23.5 Å². The Morgan fingerprint density at radius 3 is 2.45 bits per heavy atom. The van der Waals surface area contributed by atoms with Gasteiger partial charge in [-0.05, 0) is 31.4 Å². The predicted octanol–water partition coefficient (Wildman–Crippen LogP) is 3.12. The molecule has 3 rings (SSSR count). The van der Waals surface area contributed by atoms with Gasteiger partial charge in [0.25, 0.3) is 0 Å². The summed E-state index contributed by atoms with van der Waals surface area (Å²) in [5.74, 6) is 0.323. The number of carbonyl (C=O) groups is 1. The highest BCUT2D eigenvalue weighted by Crippen LogP contribution is 2.32. The van der Waals surface area contributed by atoms with Crippen molar-refractivity contribution in [2.75, 3.05) is 42.3 Å². The third kappa shape index (κ3) is 5.12. The van der Waals surface area contributed by atoms with Crippen LogP contribution in [0.5, 0.6) is 0 Å². The number of carbonyl (C=O) groups excluding carboxylic acids is 1. The second-order valence-corrected chi connectivity index (χ2v) is 7.27. The summed E-state index contributed by atoms with van der Waals surface area (Å²) in [6, 6.07) is 4.53. The van der Waals surface area contributed by atoms with Crippen molar-refractivity contribution in [3.05, 3.63) is 35.7 Å². The van der Waals surface area contributed by atoms with E-state index in [1.54, 1.807) is 31.3 Å². The van der Waals surface area contributed by atoms with E-state index in [4.69, 9.17) is 0 Å². The van der Waals surface area contributed by atoms with Gasteiger partial charge >= 0.3 is 6.18 Å². The standard InChI is InChI=1S/C19H23F3N6O/c1-12-4-5-15(23-11-12)25-17(29)13-6-8-28(9-7-13)18-24-14(19(20,21)22)10-16(26-18)27(2)3/h4-5,10-11,13H,6-9H2,1-3H3,(H,23,25,29). The fourth-order valence-electron chi connectivity index (χ4n) is 3.05. The third-order valence-corrected chi connectivity index (χ3v) is 4.76. The van der Waals surface area contributed by atoms with E-state index in [1.807, 2.05) is 13.0 Å². The number of halogens is 3. The molecule has 1 N–H and O–H groups in total. The van der Waals surface area contributed by atoms with Gasteiger partial charge in [0.1, 0.15) is 11.6 Å². The lowest BCUT2D eigenvalue weighted by atomic mass is 9.96. The van der Waals surface area contributed by atoms with Crippen LogP contribution < -0.4 is 15.1 Å². The largest absolute Gasteiger partial charge is 0.433 e. The number of amides is 1. The first-order valence-electron chi connectivity index (χ1n) is 9.25. The van der Waals surface area contributed by atoms with Crippen LogP contribution in [0.3, 0.4) is 0 Å². The van der Waals surface area contributed by atoms with E-state index in [2.05, 4.69) is 20.3 Å². The molecule has 0 atom stereocenters. The number of aryl methyl sites for hydroxylation is 1. The first-order valence-corrected chi connectivity index (χ1v) is 9.25. The van der Waals surface area contributed by atoms with E-state index in [-0.39, 0.29) is 23.6 Å². The van der Waals surface area contributed by atoms with Crippen LogP contribution in [0.15, 0.2) is 24.4 Å². The molecule has 10 heteroatoms. The van der Waals surface area contributed by atoms with Crippen molar-refractivity contribution in [2.24, 2.45) is 5.92 Å². The Morgan fingerprint density at radius 1 is 1.21 bits per heavy atom. The van der Waals surface area contributed by atoms with Crippen LogP contribution in [0.4, 0.5) is 30.8 Å². The van der Waals surface area contributed by atoms with Crippen molar-refractivity contribution in [3.8, 4) is 0 Å². The summed E-state index contributed by atoms with van der Waals surface area (Å²) in [7, 11) is 3.25. The number of nitrogens with one attached hydrogen (secondary N) is 1. The fourth-order valence-corrected chi connectivity index (χ4v) is 3.05. The number of hydrogen-bond acceptors (Lipinski definition) is 6. The number of anilines is 3. The lowest BCUT2D eigenvalue weighted by Crippen LogP contribution is -2.39. The van der Waals surface area contributed by atoms with Crippen LogP contribution in [0.25, 0.3) is 0 Å². The Balaban J connectivity index is 1.67. The highest BCUT2D eigenvalue weighted by Gasteiger charge is 2.35. The molecule has 29 heavy (non-hydrogen) atoms. The number of hydrogen-bond donors (Lipinski definition) is 1. The zero-order valence-electron chi connectivity index (χ0n) is 16.5. The molecule has 0 aliphatic carbocycles. The number of piperidine rings is 1. The molecule has 0 aromatic carbocycles. The average molecular weight is 408 g/mol. The Kier molecular flexibility index (Phi) is 5.90. The summed E-state index contributed by atoms with van der Waals surface area (Å²) >= 11 is 0. The molecule has 1 fully saturated rings. The zero-order valence-corrected chi connectivity index (χ0v) is 16.5. The minimum Gasteiger partial charge on any atom is -0.363 e. The van der Waals surface area contributed by atoms with E-state index in [0.29, 0.717) is 31.7 Å². The molecule has 2 aromatic heterocycles. The van der Waals surface area contributed by atoms with Gasteiger partial charge in [-0.3, -0.25) is 4.79 Å². The Morgan fingerprint density at radius 2 is 1.90 bits per heavy atom. The van der Waals surface area contributed by atoms with E-state index in [0.717, 1.165) is 11.6 Å². The molecule has 7 nitrogen and oxygen atoms in total. The van der Waals surface area contributed by atoms with Crippen LogP contribution in [-0.4, -0.2) is 48.0 Å². The molecule has 1 aliphatic rings. The van der Waals surface area contributed by atoms with Gasteiger partial charge in [-0.1, -0.05) is 6.07 Å². The van der Waals surface area contributed by atoms with Gasteiger partial charge in [0.15, 0.2) is 5.69 Å². The van der Waals surface area contributed by atoms with Gasteiger partial charge in [-0.2, -0.15) is 18.2 Å². The van der Waals surface area contributed by atoms with Crippen LogP contribution in [0, 0.1) is 12.8 Å². The van der Waals surface area contributed by atoms with Crippen molar-refractivity contribution < 1.29 is 18.0 Å². The van der Waals surface area contributed by atoms with E-state index in [1.165, 1.54) is 4.90 Å². The van der Waals surface area contributed by atoms with Gasteiger partial charge in [0.05, 0.1) is 0 Å². The zero-order chi connectivity index (χ0) is 21.2. The summed E-state index contributed by atoms with van der Waals surface area (Å²) in [6.45, 7) is 2.70. The van der Waals surface area contributed by atoms with E-state index < -0.39 is 11.9 Å². The summed E-state index contributed by atoms with van der Waals surface area (Å²) in [5.41, 5.74) is 0.0194. The maximum Gasteiger partial charge on any atom is 0.433 e. The SMILES string of the molecule is Cc1ccc(NC(=O)C2CCN(c3nc(N(C)C)cc(C(F)(F)F)n3)CC2)nc1. The van der Waals surface area contributed by atoms with E-state index in [9.17, 15) is 18.0 Å². The molecule has 1 aliphatic heterocycles. The number of rotatable bonds is 4. The molecular weight excluding hydrogens is 385 g/mol. The molecule has 156 valence electrons. The molecule has 1 saturated heterocycles. The number of nitrogens with zero attached hydrogens (tertiary/aromatic N) is 5. The molecule has 1 amide bonds. The molecule has 2 aromatic rings. The summed E-state index contributed by atoms with van der Waals surface area (Å²) in [4.78, 5) is 27.8. The molecule has 3 heterocycles. The van der Waals surface area contributed by atoms with Gasteiger partial charge < -0.3 is 15.1 Å². The Labute approximate surface area is 167 Å². The van der Waals surface area contributed by atoms with Crippen LogP contribution in [0.2, 0.25) is 0 Å². The average Bonchev–Trinajstić information content (AvgIpc) is 2.68. The van der Waals surface area contributed by atoms with Crippen LogP contribution in [-0.2, 0) is 11.0 Å². The molecule has 0 unspecified atom stereocenters. The smallest absolute Gasteiger partial charge is 0.363 e. The molecule has 0 radical (unpaired) electrons. The number of aromatic nitrogens is 3. The lowest BCUT2D eigenvalue weighted by molar-refractivity contribution is -0.141. The lowest BCUT2D eigenvalue weighted by Gasteiger charge is -2.32. The highest BCUT2D eigenvalue weighted by atomic mass is 19.4. The molecule has 0 bridgehead atoms. The van der Waals surface area contributed by atoms with Crippen molar-refractivity contribution in [1.29, 1.82) is 0 Å². The van der Waals surface area contributed by atoms with Gasteiger partial charge in [-0.25, -0.2) is 9.97 Å². The molecule has 0 saturated carbocycles. The second kappa shape index (κ2) is 8.22. The van der Waals surface area contributed by atoms with Crippen molar-refractivity contribution in [3.63, 3.8) is 0 Å². The fraction of sp³-hybridized carbons (Fsp3) is 0.474. The van der Waals surface area contributed by atoms with Gasteiger partial charge in [-0.15, -0.1) is 0 Å². The predicted molar refractivity (Wildman–Crippen MR) is 104 cm³/mol. The number of pyridine rings is 1. The van der Waals surface area contributed by atoms with Crippen molar-refractivity contribution in [2.45, 2.75) is 25.9 Å². The normalized spacial score (nSPS) is 15.3. The molecular formula is C19H23F3N6O. The summed E-state index contributed by atoms with van der Waals surface area (Å²) in [5, 5.41) is 2.79. The van der Waals surface area contributed by atoms with Gasteiger partial charge in [0, 0.05) is 45.4 Å². The quantitative estimate of drug-likeness (QED) is 0.838. The Bertz CT molecular complexity index is 861. The maximum absolute atomic E-state index is 13.2. The minimum atomic E-state index is -4.55. The van der Waals surface area contributed by atoms with Crippen molar-refractivity contribution in [1.82, 2.24) is 15.0 Å². The Hall–Kier alpha value is -2.91. The maximum atomic E-state index is 13.2. The summed E-state index contributed by atoms with van der Waals surface area (Å²) in [6.07, 6.45) is -1.89.